The molecule has 1 aromatic rings. The van der Waals surface area contributed by atoms with E-state index in [9.17, 15) is 19.7 Å². The van der Waals surface area contributed by atoms with Crippen LogP contribution in [0.15, 0.2) is 24.3 Å². The zero-order chi connectivity index (χ0) is 15.4. The number of ketones is 1. The number of aliphatic carboxylic acids is 1. The van der Waals surface area contributed by atoms with Crippen LogP contribution in [0.3, 0.4) is 0 Å². The number of hydrogen-bond acceptors (Lipinski definition) is 4. The van der Waals surface area contributed by atoms with E-state index in [4.69, 9.17) is 5.11 Å². The van der Waals surface area contributed by atoms with E-state index >= 15 is 0 Å². The Hall–Kier alpha value is -2.24. The van der Waals surface area contributed by atoms with Gasteiger partial charge < -0.3 is 5.11 Å². The summed E-state index contributed by atoms with van der Waals surface area (Å²) in [6.45, 7) is 0. The van der Waals surface area contributed by atoms with Crippen LogP contribution in [0.2, 0.25) is 0 Å². The van der Waals surface area contributed by atoms with Gasteiger partial charge in [0.2, 0.25) is 0 Å². The van der Waals surface area contributed by atoms with Gasteiger partial charge in [0.15, 0.2) is 0 Å². The molecule has 0 aliphatic heterocycles. The molecule has 21 heavy (non-hydrogen) atoms. The van der Waals surface area contributed by atoms with Gasteiger partial charge in [0.25, 0.3) is 5.69 Å². The van der Waals surface area contributed by atoms with Crippen LogP contribution < -0.4 is 0 Å². The molecule has 0 saturated heterocycles. The molecule has 2 atom stereocenters. The molecule has 2 rings (SSSR count). The maximum Gasteiger partial charge on any atom is 0.307 e. The number of aryl methyl sites for hydroxylation is 1. The lowest BCUT2D eigenvalue weighted by atomic mass is 9.89. The van der Waals surface area contributed by atoms with Crippen molar-refractivity contribution in [1.29, 1.82) is 0 Å². The van der Waals surface area contributed by atoms with Crippen molar-refractivity contribution in [3.63, 3.8) is 0 Å². The first-order valence-electron chi connectivity index (χ1n) is 6.98. The molecular formula is C15H17NO5. The van der Waals surface area contributed by atoms with Crippen LogP contribution in [0.4, 0.5) is 5.69 Å². The highest BCUT2D eigenvalue weighted by Crippen LogP contribution is 2.33. The smallest absolute Gasteiger partial charge is 0.307 e. The fourth-order valence-electron chi connectivity index (χ4n) is 2.88. The molecule has 0 radical (unpaired) electrons. The van der Waals surface area contributed by atoms with Gasteiger partial charge in [-0.25, -0.2) is 0 Å². The second-order valence-electron chi connectivity index (χ2n) is 5.37. The van der Waals surface area contributed by atoms with Crippen LogP contribution in [0.1, 0.15) is 31.2 Å². The summed E-state index contributed by atoms with van der Waals surface area (Å²) in [5.41, 5.74) is 0.866. The van der Waals surface area contributed by atoms with Gasteiger partial charge >= 0.3 is 5.97 Å². The Balaban J connectivity index is 1.91. The molecule has 1 saturated carbocycles. The highest BCUT2D eigenvalue weighted by Gasteiger charge is 2.36. The molecule has 1 N–H and O–H groups in total. The van der Waals surface area contributed by atoms with E-state index in [-0.39, 0.29) is 23.8 Å². The number of benzene rings is 1. The molecule has 6 nitrogen and oxygen atoms in total. The second-order valence-corrected chi connectivity index (χ2v) is 5.37. The van der Waals surface area contributed by atoms with Crippen LogP contribution in [0.5, 0.6) is 0 Å². The molecule has 6 heteroatoms. The topological polar surface area (TPSA) is 97.5 Å². The number of non-ortho nitro benzene ring substituents is 1. The zero-order valence-electron chi connectivity index (χ0n) is 11.5. The van der Waals surface area contributed by atoms with Crippen molar-refractivity contribution >= 4 is 17.4 Å². The van der Waals surface area contributed by atoms with E-state index in [2.05, 4.69) is 0 Å². The third kappa shape index (κ3) is 3.65. The number of Topliss-reactive ketones (excluding diaryl/α,β-unsaturated/α-hetero) is 1. The van der Waals surface area contributed by atoms with Gasteiger partial charge in [-0.15, -0.1) is 0 Å². The Morgan fingerprint density at radius 1 is 1.19 bits per heavy atom. The first-order chi connectivity index (χ1) is 9.99. The Kier molecular flexibility index (Phi) is 4.67. The van der Waals surface area contributed by atoms with Crippen LogP contribution in [0.25, 0.3) is 0 Å². The van der Waals surface area contributed by atoms with E-state index in [1.54, 1.807) is 12.1 Å². The Morgan fingerprint density at radius 3 is 2.38 bits per heavy atom. The van der Waals surface area contributed by atoms with E-state index in [0.717, 1.165) is 12.0 Å². The number of carbonyl (C=O) groups excluding carboxylic acids is 1. The van der Waals surface area contributed by atoms with Crippen LogP contribution in [0, 0.1) is 22.0 Å². The SMILES string of the molecule is O=C(O)[C@H]1CCC[C@H]1C(=O)CCc1ccc([N+](=O)[O-])cc1. The Morgan fingerprint density at radius 2 is 1.81 bits per heavy atom. The Bertz CT molecular complexity index is 552. The molecule has 0 heterocycles. The largest absolute Gasteiger partial charge is 0.481 e. The van der Waals surface area contributed by atoms with Crippen LogP contribution in [-0.4, -0.2) is 21.8 Å². The number of nitro benzene ring substituents is 1. The van der Waals surface area contributed by atoms with Crippen molar-refractivity contribution < 1.29 is 19.6 Å². The fourth-order valence-corrected chi connectivity index (χ4v) is 2.88. The summed E-state index contributed by atoms with van der Waals surface area (Å²) in [5, 5.41) is 19.6. The average molecular weight is 291 g/mol. The van der Waals surface area contributed by atoms with E-state index in [1.165, 1.54) is 12.1 Å². The van der Waals surface area contributed by atoms with E-state index in [1.807, 2.05) is 0 Å². The van der Waals surface area contributed by atoms with Gasteiger partial charge in [-0.05, 0) is 24.8 Å². The number of carbonyl (C=O) groups is 2. The van der Waals surface area contributed by atoms with Crippen LogP contribution in [-0.2, 0) is 16.0 Å². The van der Waals surface area contributed by atoms with Crippen molar-refractivity contribution in [2.24, 2.45) is 11.8 Å². The summed E-state index contributed by atoms with van der Waals surface area (Å²) < 4.78 is 0. The summed E-state index contributed by atoms with van der Waals surface area (Å²) in [5.74, 6) is -1.82. The maximum absolute atomic E-state index is 12.1. The average Bonchev–Trinajstić information content (AvgIpc) is 2.95. The van der Waals surface area contributed by atoms with Crippen molar-refractivity contribution in [3.05, 3.63) is 39.9 Å². The summed E-state index contributed by atoms with van der Waals surface area (Å²) in [7, 11) is 0. The quantitative estimate of drug-likeness (QED) is 0.641. The summed E-state index contributed by atoms with van der Waals surface area (Å²) >= 11 is 0. The number of rotatable bonds is 6. The summed E-state index contributed by atoms with van der Waals surface area (Å²) in [4.78, 5) is 33.3. The lowest BCUT2D eigenvalue weighted by Gasteiger charge is -2.14. The van der Waals surface area contributed by atoms with Crippen molar-refractivity contribution in [1.82, 2.24) is 0 Å². The predicted molar refractivity (Wildman–Crippen MR) is 74.9 cm³/mol. The number of carboxylic acid groups (broad SMARTS) is 1. The monoisotopic (exact) mass is 291 g/mol. The number of nitrogens with zero attached hydrogens (tertiary/aromatic N) is 1. The molecule has 0 amide bonds. The third-order valence-electron chi connectivity index (χ3n) is 4.05. The van der Waals surface area contributed by atoms with Crippen molar-refractivity contribution in [2.75, 3.05) is 0 Å². The summed E-state index contributed by atoms with van der Waals surface area (Å²) in [6, 6.07) is 6.09. The lowest BCUT2D eigenvalue weighted by molar-refractivity contribution is -0.384. The molecular weight excluding hydrogens is 274 g/mol. The number of carboxylic acids is 1. The third-order valence-corrected chi connectivity index (χ3v) is 4.05. The van der Waals surface area contributed by atoms with Gasteiger partial charge in [-0.2, -0.15) is 0 Å². The minimum Gasteiger partial charge on any atom is -0.481 e. The molecule has 1 aromatic carbocycles. The first kappa shape index (κ1) is 15.2. The number of hydrogen-bond donors (Lipinski definition) is 1. The summed E-state index contributed by atoms with van der Waals surface area (Å²) in [6.07, 6.45) is 2.77. The molecule has 112 valence electrons. The minimum absolute atomic E-state index is 0.0155. The van der Waals surface area contributed by atoms with E-state index in [0.29, 0.717) is 19.3 Å². The van der Waals surface area contributed by atoms with Crippen molar-refractivity contribution in [3.8, 4) is 0 Å². The van der Waals surface area contributed by atoms with Gasteiger partial charge in [-0.3, -0.25) is 19.7 Å². The molecule has 0 spiro atoms. The van der Waals surface area contributed by atoms with Crippen LogP contribution >= 0.6 is 0 Å². The van der Waals surface area contributed by atoms with Gasteiger partial charge in [0.1, 0.15) is 5.78 Å². The second kappa shape index (κ2) is 6.47. The first-order valence-corrected chi connectivity index (χ1v) is 6.98. The Labute approximate surface area is 121 Å². The zero-order valence-corrected chi connectivity index (χ0v) is 11.5. The minimum atomic E-state index is -0.888. The maximum atomic E-state index is 12.1. The highest BCUT2D eigenvalue weighted by atomic mass is 16.6. The lowest BCUT2D eigenvalue weighted by Crippen LogP contribution is -2.25. The molecule has 1 aliphatic carbocycles. The fraction of sp³-hybridized carbons (Fsp3) is 0.467. The molecule has 0 aromatic heterocycles. The van der Waals surface area contributed by atoms with Gasteiger partial charge in [0, 0.05) is 24.5 Å². The van der Waals surface area contributed by atoms with E-state index < -0.39 is 16.8 Å². The molecule has 0 bridgehead atoms. The standard InChI is InChI=1S/C15H17NO5/c17-14(12-2-1-3-13(12)15(18)19)9-6-10-4-7-11(8-5-10)16(20)21/h4-5,7-8,12-13H,1-3,6,9H2,(H,18,19)/t12-,13+/m1/s1. The predicted octanol–water partition coefficient (Wildman–Crippen LogP) is 2.60. The molecule has 1 fully saturated rings. The molecule has 1 aliphatic rings. The van der Waals surface area contributed by atoms with Crippen molar-refractivity contribution in [2.45, 2.75) is 32.1 Å². The number of nitro groups is 1. The molecule has 0 unspecified atom stereocenters. The van der Waals surface area contributed by atoms with Gasteiger partial charge in [0.05, 0.1) is 10.8 Å². The normalized spacial score (nSPS) is 21.1. The van der Waals surface area contributed by atoms with Gasteiger partial charge in [-0.1, -0.05) is 18.6 Å². The highest BCUT2D eigenvalue weighted by molar-refractivity contribution is 5.86.